The first-order chi connectivity index (χ1) is 16.8. The summed E-state index contributed by atoms with van der Waals surface area (Å²) in [5.74, 6) is -1.77. The Morgan fingerprint density at radius 3 is 2.28 bits per heavy atom. The van der Waals surface area contributed by atoms with E-state index in [1.54, 1.807) is 18.2 Å². The number of aromatic nitrogens is 2. The van der Waals surface area contributed by atoms with Crippen LogP contribution >= 0.6 is 27.3 Å². The summed E-state index contributed by atoms with van der Waals surface area (Å²) in [6.07, 6.45) is -9.67. The molecule has 36 heavy (non-hydrogen) atoms. The minimum Gasteiger partial charge on any atom is -0.327 e. The third-order valence-corrected chi connectivity index (χ3v) is 6.76. The molecule has 1 atom stereocenters. The molecule has 2 aromatic carbocycles. The number of benzene rings is 2. The van der Waals surface area contributed by atoms with Crippen LogP contribution in [0.15, 0.2) is 46.9 Å². The van der Waals surface area contributed by atoms with Gasteiger partial charge in [0.15, 0.2) is 0 Å². The van der Waals surface area contributed by atoms with E-state index in [1.165, 1.54) is 0 Å². The first-order valence-electron chi connectivity index (χ1n) is 10.3. The molecule has 0 saturated carbocycles. The van der Waals surface area contributed by atoms with E-state index in [0.29, 0.717) is 23.6 Å². The predicted octanol–water partition coefficient (Wildman–Crippen LogP) is 6.25. The molecular formula is C22H15BrF6N4O2S. The highest BCUT2D eigenvalue weighted by molar-refractivity contribution is 9.10. The fourth-order valence-electron chi connectivity index (χ4n) is 3.73. The number of carbonyl (C=O) groups excluding carboxylic acids is 2. The van der Waals surface area contributed by atoms with Crippen LogP contribution in [0.4, 0.5) is 31.5 Å². The molecule has 1 aliphatic heterocycles. The number of nitrogens with one attached hydrogen (secondary N) is 1. The molecule has 1 fully saturated rings. The maximum absolute atomic E-state index is 13.2. The van der Waals surface area contributed by atoms with Crippen molar-refractivity contribution in [2.75, 3.05) is 11.9 Å². The third kappa shape index (κ3) is 5.69. The van der Waals surface area contributed by atoms with Crippen LogP contribution < -0.4 is 5.32 Å². The van der Waals surface area contributed by atoms with Crippen molar-refractivity contribution < 1.29 is 35.9 Å². The number of carbonyl (C=O) groups is 2. The van der Waals surface area contributed by atoms with Crippen LogP contribution in [0, 0.1) is 0 Å². The van der Waals surface area contributed by atoms with Crippen molar-refractivity contribution in [3.05, 3.63) is 63.6 Å². The minimum atomic E-state index is -5.10. The zero-order chi connectivity index (χ0) is 26.3. The molecule has 190 valence electrons. The minimum absolute atomic E-state index is 0.00602. The summed E-state index contributed by atoms with van der Waals surface area (Å²) >= 11 is 4.41. The summed E-state index contributed by atoms with van der Waals surface area (Å²) < 4.78 is 80.0. The van der Waals surface area contributed by atoms with Gasteiger partial charge in [-0.1, -0.05) is 39.4 Å². The van der Waals surface area contributed by atoms with Crippen molar-refractivity contribution in [2.45, 2.75) is 31.2 Å². The summed E-state index contributed by atoms with van der Waals surface area (Å²) in [6.45, 7) is -0.00602. The second-order valence-corrected chi connectivity index (χ2v) is 9.76. The topological polar surface area (TPSA) is 75.2 Å². The lowest BCUT2D eigenvalue weighted by molar-refractivity contribution is -0.143. The number of likely N-dealkylation sites (tertiary alicyclic amines) is 1. The second-order valence-electron chi connectivity index (χ2n) is 7.86. The van der Waals surface area contributed by atoms with Gasteiger partial charge in [0.05, 0.1) is 11.1 Å². The number of alkyl halides is 6. The summed E-state index contributed by atoms with van der Waals surface area (Å²) in [6, 6.07) is 6.77. The molecule has 1 saturated heterocycles. The van der Waals surface area contributed by atoms with Gasteiger partial charge in [0.2, 0.25) is 11.0 Å². The number of hydrogen-bond acceptors (Lipinski definition) is 5. The Morgan fingerprint density at radius 2 is 1.67 bits per heavy atom. The number of amides is 2. The van der Waals surface area contributed by atoms with Crippen molar-refractivity contribution in [1.82, 2.24) is 15.1 Å². The standard InChI is InChI=1S/C22H15BrF6N4O2S/c23-15-4-1-3-11(9-15)18-31-32-20(36-18)30-17(34)16-5-2-6-33(16)19(35)12-7-13(21(24,25)26)10-14(8-12)22(27,28)29/h1,3-4,7-10,16H,2,5-6H2,(H,30,32,34)/t16-/m0/s1. The van der Waals surface area contributed by atoms with Crippen LogP contribution in [-0.2, 0) is 17.1 Å². The van der Waals surface area contributed by atoms with Gasteiger partial charge < -0.3 is 4.90 Å². The van der Waals surface area contributed by atoms with E-state index < -0.39 is 46.9 Å². The Hall–Kier alpha value is -3.00. The number of nitrogens with zero attached hydrogens (tertiary/aromatic N) is 3. The number of anilines is 1. The van der Waals surface area contributed by atoms with Crippen LogP contribution in [0.25, 0.3) is 10.6 Å². The van der Waals surface area contributed by atoms with Crippen molar-refractivity contribution in [3.63, 3.8) is 0 Å². The van der Waals surface area contributed by atoms with Gasteiger partial charge in [0.1, 0.15) is 11.0 Å². The molecule has 14 heteroatoms. The molecule has 0 aliphatic carbocycles. The van der Waals surface area contributed by atoms with Gasteiger partial charge in [-0.15, -0.1) is 10.2 Å². The Bertz CT molecular complexity index is 1280. The fraction of sp³-hybridized carbons (Fsp3) is 0.273. The monoisotopic (exact) mass is 592 g/mol. The molecule has 1 aliphatic rings. The Balaban J connectivity index is 1.55. The third-order valence-electron chi connectivity index (χ3n) is 5.38. The fourth-order valence-corrected chi connectivity index (χ4v) is 4.87. The van der Waals surface area contributed by atoms with E-state index in [9.17, 15) is 35.9 Å². The lowest BCUT2D eigenvalue weighted by atomic mass is 10.0. The van der Waals surface area contributed by atoms with E-state index in [0.717, 1.165) is 26.3 Å². The first-order valence-corrected chi connectivity index (χ1v) is 11.9. The summed E-state index contributed by atoms with van der Waals surface area (Å²) in [7, 11) is 0. The van der Waals surface area contributed by atoms with Crippen molar-refractivity contribution >= 4 is 44.2 Å². The molecule has 0 unspecified atom stereocenters. The van der Waals surface area contributed by atoms with Crippen molar-refractivity contribution in [1.29, 1.82) is 0 Å². The summed E-state index contributed by atoms with van der Waals surface area (Å²) in [5.41, 5.74) is -3.26. The molecule has 2 heterocycles. The van der Waals surface area contributed by atoms with Gasteiger partial charge in [-0.3, -0.25) is 14.9 Å². The maximum Gasteiger partial charge on any atom is 0.416 e. The van der Waals surface area contributed by atoms with Crippen LogP contribution in [0.5, 0.6) is 0 Å². The molecule has 3 aromatic rings. The zero-order valence-corrected chi connectivity index (χ0v) is 20.4. The molecule has 1 N–H and O–H groups in total. The molecule has 0 spiro atoms. The number of hydrogen-bond donors (Lipinski definition) is 1. The lowest BCUT2D eigenvalue weighted by Gasteiger charge is -2.24. The second kappa shape index (κ2) is 9.81. The Labute approximate surface area is 212 Å². The molecule has 6 nitrogen and oxygen atoms in total. The first kappa shape index (κ1) is 26.1. The molecule has 0 radical (unpaired) electrons. The Kier molecular flexibility index (Phi) is 7.10. The molecule has 2 amide bonds. The normalized spacial score (nSPS) is 16.3. The van der Waals surface area contributed by atoms with Gasteiger partial charge in [-0.2, -0.15) is 26.3 Å². The van der Waals surface area contributed by atoms with Crippen LogP contribution in [-0.4, -0.2) is 39.5 Å². The molecule has 0 bridgehead atoms. The maximum atomic E-state index is 13.2. The number of halogens is 7. The van der Waals surface area contributed by atoms with E-state index in [1.807, 2.05) is 6.07 Å². The van der Waals surface area contributed by atoms with Crippen LogP contribution in [0.3, 0.4) is 0 Å². The van der Waals surface area contributed by atoms with Gasteiger partial charge in [0, 0.05) is 22.1 Å². The lowest BCUT2D eigenvalue weighted by Crippen LogP contribution is -2.43. The number of rotatable bonds is 4. The smallest absolute Gasteiger partial charge is 0.327 e. The largest absolute Gasteiger partial charge is 0.416 e. The SMILES string of the molecule is O=C(Nc1nnc(-c2cccc(Br)c2)s1)[C@@H]1CCCN1C(=O)c1cc(C(F)(F)F)cc(C(F)(F)F)c1. The predicted molar refractivity (Wildman–Crippen MR) is 122 cm³/mol. The summed E-state index contributed by atoms with van der Waals surface area (Å²) in [5, 5.41) is 11.1. The van der Waals surface area contributed by atoms with E-state index in [4.69, 9.17) is 0 Å². The summed E-state index contributed by atoms with van der Waals surface area (Å²) in [4.78, 5) is 26.8. The highest BCUT2D eigenvalue weighted by atomic mass is 79.9. The van der Waals surface area contributed by atoms with Gasteiger partial charge in [0.25, 0.3) is 5.91 Å². The average molecular weight is 593 g/mol. The van der Waals surface area contributed by atoms with E-state index in [2.05, 4.69) is 31.4 Å². The van der Waals surface area contributed by atoms with Crippen molar-refractivity contribution in [2.24, 2.45) is 0 Å². The van der Waals surface area contributed by atoms with Gasteiger partial charge >= 0.3 is 12.4 Å². The van der Waals surface area contributed by atoms with E-state index >= 15 is 0 Å². The average Bonchev–Trinajstić information content (AvgIpc) is 3.47. The van der Waals surface area contributed by atoms with Crippen molar-refractivity contribution in [3.8, 4) is 10.6 Å². The van der Waals surface area contributed by atoms with E-state index in [-0.39, 0.29) is 24.2 Å². The van der Waals surface area contributed by atoms with Gasteiger partial charge in [-0.25, -0.2) is 0 Å². The molecule has 4 rings (SSSR count). The highest BCUT2D eigenvalue weighted by Crippen LogP contribution is 2.37. The highest BCUT2D eigenvalue weighted by Gasteiger charge is 2.40. The zero-order valence-electron chi connectivity index (χ0n) is 18.0. The molecule has 1 aromatic heterocycles. The Morgan fingerprint density at radius 1 is 1.00 bits per heavy atom. The quantitative estimate of drug-likeness (QED) is 0.363. The molecular weight excluding hydrogens is 578 g/mol. The van der Waals surface area contributed by atoms with Crippen LogP contribution in [0.1, 0.15) is 34.3 Å². The van der Waals surface area contributed by atoms with Gasteiger partial charge in [-0.05, 0) is 43.2 Å². The van der Waals surface area contributed by atoms with Crippen LogP contribution in [0.2, 0.25) is 0 Å².